The number of carbonyl (C=O) groups is 1. The average molecular weight is 320 g/mol. The van der Waals surface area contributed by atoms with Gasteiger partial charge in [-0.15, -0.1) is 0 Å². The summed E-state index contributed by atoms with van der Waals surface area (Å²) in [5, 5.41) is 19.4. The van der Waals surface area contributed by atoms with E-state index in [4.69, 9.17) is 9.84 Å². The van der Waals surface area contributed by atoms with Gasteiger partial charge in [0.05, 0.1) is 13.0 Å². The zero-order valence-electron chi connectivity index (χ0n) is 14.2. The summed E-state index contributed by atoms with van der Waals surface area (Å²) in [6.45, 7) is 4.09. The van der Waals surface area contributed by atoms with Gasteiger partial charge in [-0.05, 0) is 35.8 Å². The third kappa shape index (κ3) is 4.25. The Hall–Kier alpha value is -1.55. The van der Waals surface area contributed by atoms with Crippen LogP contribution in [0.3, 0.4) is 0 Å². The summed E-state index contributed by atoms with van der Waals surface area (Å²) in [7, 11) is 0. The number of benzene rings is 1. The Balaban J connectivity index is 2.30. The van der Waals surface area contributed by atoms with E-state index in [9.17, 15) is 9.90 Å². The molecule has 128 valence electrons. The minimum atomic E-state index is -0.341. The molecular formula is C19H28O4. The molecule has 4 nitrogen and oxygen atoms in total. The van der Waals surface area contributed by atoms with Gasteiger partial charge in [0.1, 0.15) is 12.4 Å². The lowest BCUT2D eigenvalue weighted by molar-refractivity contribution is -0.143. The maximum atomic E-state index is 11.8. The molecule has 2 N–H and O–H groups in total. The summed E-state index contributed by atoms with van der Waals surface area (Å²) in [6.07, 6.45) is 6.67. The number of phenols is 1. The molecule has 0 amide bonds. The molecule has 0 bridgehead atoms. The summed E-state index contributed by atoms with van der Waals surface area (Å²) in [6, 6.07) is 3.87. The van der Waals surface area contributed by atoms with Crippen LogP contribution in [0.5, 0.6) is 5.75 Å². The van der Waals surface area contributed by atoms with Crippen molar-refractivity contribution in [3.63, 3.8) is 0 Å². The fraction of sp³-hybridized carbons (Fsp3) is 0.632. The van der Waals surface area contributed by atoms with Gasteiger partial charge in [-0.1, -0.05) is 45.2 Å². The molecule has 0 aromatic heterocycles. The number of hydrogen-bond acceptors (Lipinski definition) is 4. The number of rotatable bonds is 6. The number of esters is 1. The van der Waals surface area contributed by atoms with Crippen LogP contribution >= 0.6 is 0 Å². The molecule has 23 heavy (non-hydrogen) atoms. The molecule has 1 saturated carbocycles. The van der Waals surface area contributed by atoms with Gasteiger partial charge in [0.25, 0.3) is 0 Å². The highest BCUT2D eigenvalue weighted by molar-refractivity contribution is 5.73. The van der Waals surface area contributed by atoms with Gasteiger partial charge in [0.2, 0.25) is 0 Å². The third-order valence-corrected chi connectivity index (χ3v) is 4.94. The van der Waals surface area contributed by atoms with Crippen LogP contribution in [0.4, 0.5) is 0 Å². The van der Waals surface area contributed by atoms with Crippen molar-refractivity contribution in [1.82, 2.24) is 0 Å². The van der Waals surface area contributed by atoms with Crippen molar-refractivity contribution >= 4 is 5.97 Å². The Morgan fingerprint density at radius 3 is 2.57 bits per heavy atom. The molecule has 1 aliphatic carbocycles. The third-order valence-electron chi connectivity index (χ3n) is 4.94. The number of aliphatic hydroxyl groups excluding tert-OH is 1. The molecule has 2 rings (SSSR count). The Morgan fingerprint density at radius 1 is 1.26 bits per heavy atom. The maximum Gasteiger partial charge on any atom is 0.310 e. The molecule has 0 atom stereocenters. The second kappa shape index (κ2) is 7.82. The molecular weight excluding hydrogens is 292 g/mol. The van der Waals surface area contributed by atoms with E-state index in [1.807, 2.05) is 19.1 Å². The standard InChI is InChI=1S/C19H28O4/c1-3-15-11-14(13-17(21)23-10-9-20)12-16(18(15)22)19(2)7-5-4-6-8-19/h11-12,20,22H,3-10,13H2,1-2H3. The smallest absolute Gasteiger partial charge is 0.310 e. The number of ether oxygens (including phenoxy) is 1. The van der Waals surface area contributed by atoms with E-state index in [-0.39, 0.29) is 31.0 Å². The van der Waals surface area contributed by atoms with Crippen molar-refractivity contribution in [1.29, 1.82) is 0 Å². The minimum Gasteiger partial charge on any atom is -0.507 e. The summed E-state index contributed by atoms with van der Waals surface area (Å²) < 4.78 is 4.96. The van der Waals surface area contributed by atoms with E-state index < -0.39 is 0 Å². The highest BCUT2D eigenvalue weighted by Crippen LogP contribution is 2.44. The molecule has 0 saturated heterocycles. The van der Waals surface area contributed by atoms with Crippen molar-refractivity contribution in [2.24, 2.45) is 0 Å². The lowest BCUT2D eigenvalue weighted by Gasteiger charge is -2.35. The Morgan fingerprint density at radius 2 is 1.96 bits per heavy atom. The van der Waals surface area contributed by atoms with Crippen LogP contribution < -0.4 is 0 Å². The largest absolute Gasteiger partial charge is 0.507 e. The average Bonchev–Trinajstić information content (AvgIpc) is 2.55. The molecule has 0 unspecified atom stereocenters. The van der Waals surface area contributed by atoms with Gasteiger partial charge in [0, 0.05) is 5.56 Å². The maximum absolute atomic E-state index is 11.8. The van der Waals surface area contributed by atoms with Crippen LogP contribution in [0.1, 0.15) is 62.6 Å². The first kappa shape index (κ1) is 17.8. The second-order valence-electron chi connectivity index (χ2n) is 6.75. The van der Waals surface area contributed by atoms with E-state index in [0.29, 0.717) is 5.75 Å². The summed E-state index contributed by atoms with van der Waals surface area (Å²) in [5.74, 6) is 0.0518. The predicted octanol–water partition coefficient (Wildman–Crippen LogP) is 3.25. The number of carbonyl (C=O) groups excluding carboxylic acids is 1. The zero-order valence-corrected chi connectivity index (χ0v) is 14.2. The first-order valence-electron chi connectivity index (χ1n) is 8.62. The molecule has 1 fully saturated rings. The highest BCUT2D eigenvalue weighted by atomic mass is 16.5. The van der Waals surface area contributed by atoms with Crippen LogP contribution in [-0.2, 0) is 27.8 Å². The van der Waals surface area contributed by atoms with Crippen molar-refractivity contribution in [2.45, 2.75) is 64.2 Å². The van der Waals surface area contributed by atoms with Crippen molar-refractivity contribution in [3.8, 4) is 5.75 Å². The molecule has 1 aromatic rings. The van der Waals surface area contributed by atoms with Gasteiger partial charge in [0.15, 0.2) is 0 Å². The quantitative estimate of drug-likeness (QED) is 0.790. The summed E-state index contributed by atoms with van der Waals surface area (Å²) in [5.41, 5.74) is 2.72. The van der Waals surface area contributed by atoms with Gasteiger partial charge in [-0.2, -0.15) is 0 Å². The SMILES string of the molecule is CCc1cc(CC(=O)OCCO)cc(C2(C)CCCCC2)c1O. The normalized spacial score (nSPS) is 17.0. The Labute approximate surface area is 138 Å². The molecule has 0 heterocycles. The van der Waals surface area contributed by atoms with Gasteiger partial charge in [-0.25, -0.2) is 0 Å². The number of hydrogen-bond donors (Lipinski definition) is 2. The molecule has 4 heteroatoms. The summed E-state index contributed by atoms with van der Waals surface area (Å²) >= 11 is 0. The van der Waals surface area contributed by atoms with Crippen LogP contribution in [0.15, 0.2) is 12.1 Å². The van der Waals surface area contributed by atoms with Gasteiger partial charge < -0.3 is 14.9 Å². The fourth-order valence-electron chi connectivity index (χ4n) is 3.57. The number of phenolic OH excluding ortho intramolecular Hbond substituents is 1. The number of aromatic hydroxyl groups is 1. The van der Waals surface area contributed by atoms with Crippen molar-refractivity contribution in [2.75, 3.05) is 13.2 Å². The van der Waals surface area contributed by atoms with E-state index in [0.717, 1.165) is 36.0 Å². The monoisotopic (exact) mass is 320 g/mol. The van der Waals surface area contributed by atoms with Gasteiger partial charge >= 0.3 is 5.97 Å². The molecule has 0 aliphatic heterocycles. The fourth-order valence-corrected chi connectivity index (χ4v) is 3.57. The van der Waals surface area contributed by atoms with E-state index in [1.54, 1.807) is 0 Å². The van der Waals surface area contributed by atoms with Crippen LogP contribution in [0.25, 0.3) is 0 Å². The van der Waals surface area contributed by atoms with E-state index in [1.165, 1.54) is 19.3 Å². The Kier molecular flexibility index (Phi) is 6.05. The molecule has 0 radical (unpaired) electrons. The topological polar surface area (TPSA) is 66.8 Å². The van der Waals surface area contributed by atoms with Gasteiger partial charge in [-0.3, -0.25) is 4.79 Å². The molecule has 0 spiro atoms. The second-order valence-corrected chi connectivity index (χ2v) is 6.75. The van der Waals surface area contributed by atoms with Crippen LogP contribution in [0, 0.1) is 0 Å². The number of aliphatic hydroxyl groups is 1. The van der Waals surface area contributed by atoms with E-state index >= 15 is 0 Å². The summed E-state index contributed by atoms with van der Waals surface area (Å²) in [4.78, 5) is 11.8. The first-order chi connectivity index (χ1) is 11.0. The Bertz CT molecular complexity index is 545. The minimum absolute atomic E-state index is 0.0166. The lowest BCUT2D eigenvalue weighted by Crippen LogP contribution is -2.26. The zero-order chi connectivity index (χ0) is 16.9. The van der Waals surface area contributed by atoms with Crippen LogP contribution in [-0.4, -0.2) is 29.4 Å². The number of aryl methyl sites for hydroxylation is 1. The molecule has 1 aromatic carbocycles. The van der Waals surface area contributed by atoms with Crippen molar-refractivity contribution in [3.05, 3.63) is 28.8 Å². The van der Waals surface area contributed by atoms with E-state index in [2.05, 4.69) is 6.92 Å². The lowest BCUT2D eigenvalue weighted by atomic mass is 9.70. The predicted molar refractivity (Wildman–Crippen MR) is 89.7 cm³/mol. The van der Waals surface area contributed by atoms with Crippen molar-refractivity contribution < 1.29 is 19.7 Å². The van der Waals surface area contributed by atoms with Crippen LogP contribution in [0.2, 0.25) is 0 Å². The first-order valence-corrected chi connectivity index (χ1v) is 8.62. The molecule has 1 aliphatic rings. The highest BCUT2D eigenvalue weighted by Gasteiger charge is 2.32.